The minimum Gasteiger partial charge on any atom is -0.496 e. The fourth-order valence-corrected chi connectivity index (χ4v) is 5.35. The summed E-state index contributed by atoms with van der Waals surface area (Å²) in [7, 11) is 1.65. The zero-order chi connectivity index (χ0) is 25.5. The molecule has 36 heavy (non-hydrogen) atoms. The number of nitrogens with zero attached hydrogens (tertiary/aromatic N) is 3. The molecular weight excluding hydrogens is 458 g/mol. The SMILES string of the molecule is COc1ccccc1-c1cc(C2CCN(C(=O)CNC(=O)[C@H](N=C(N)N)C3CCCCC3)CC2)[nH]n1. The van der Waals surface area contributed by atoms with Crippen molar-refractivity contribution in [3.05, 3.63) is 36.0 Å². The lowest BCUT2D eigenvalue weighted by Crippen LogP contribution is -2.47. The van der Waals surface area contributed by atoms with Crippen LogP contribution in [-0.4, -0.2) is 65.7 Å². The predicted molar refractivity (Wildman–Crippen MR) is 138 cm³/mol. The van der Waals surface area contributed by atoms with Crippen molar-refractivity contribution >= 4 is 17.8 Å². The van der Waals surface area contributed by atoms with E-state index in [9.17, 15) is 9.59 Å². The molecule has 1 aliphatic heterocycles. The molecule has 1 aromatic heterocycles. The fourth-order valence-electron chi connectivity index (χ4n) is 5.35. The molecule has 6 N–H and O–H groups in total. The summed E-state index contributed by atoms with van der Waals surface area (Å²) in [5, 5.41) is 10.4. The van der Waals surface area contributed by atoms with Crippen molar-refractivity contribution in [2.24, 2.45) is 22.4 Å². The van der Waals surface area contributed by atoms with Crippen LogP contribution in [0.25, 0.3) is 11.3 Å². The number of amides is 2. The Morgan fingerprint density at radius 1 is 1.17 bits per heavy atom. The number of nitrogens with two attached hydrogens (primary N) is 2. The van der Waals surface area contributed by atoms with Crippen LogP contribution in [0.2, 0.25) is 0 Å². The summed E-state index contributed by atoms with van der Waals surface area (Å²) in [6, 6.07) is 9.23. The van der Waals surface area contributed by atoms with E-state index >= 15 is 0 Å². The van der Waals surface area contributed by atoms with Gasteiger partial charge in [-0.1, -0.05) is 31.4 Å². The number of ether oxygens (including phenoxy) is 1. The van der Waals surface area contributed by atoms with Crippen LogP contribution in [0, 0.1) is 5.92 Å². The van der Waals surface area contributed by atoms with Gasteiger partial charge in [0.1, 0.15) is 11.8 Å². The highest BCUT2D eigenvalue weighted by Gasteiger charge is 2.31. The van der Waals surface area contributed by atoms with Gasteiger partial charge in [-0.15, -0.1) is 0 Å². The number of H-pyrrole nitrogens is 1. The molecule has 1 saturated heterocycles. The quantitative estimate of drug-likeness (QED) is 0.325. The molecule has 10 nitrogen and oxygen atoms in total. The van der Waals surface area contributed by atoms with E-state index in [0.29, 0.717) is 13.1 Å². The number of aromatic nitrogens is 2. The predicted octanol–water partition coefficient (Wildman–Crippen LogP) is 2.13. The largest absolute Gasteiger partial charge is 0.496 e. The van der Waals surface area contributed by atoms with Gasteiger partial charge in [-0.2, -0.15) is 5.10 Å². The van der Waals surface area contributed by atoms with E-state index in [1.807, 2.05) is 29.2 Å². The summed E-state index contributed by atoms with van der Waals surface area (Å²) in [4.78, 5) is 31.7. The van der Waals surface area contributed by atoms with Crippen LogP contribution in [0.3, 0.4) is 0 Å². The first-order valence-electron chi connectivity index (χ1n) is 12.8. The van der Waals surface area contributed by atoms with Crippen LogP contribution in [0.5, 0.6) is 5.75 Å². The zero-order valence-corrected chi connectivity index (χ0v) is 20.9. The molecule has 10 heteroatoms. The minimum absolute atomic E-state index is 0.0469. The molecule has 0 radical (unpaired) electrons. The van der Waals surface area contributed by atoms with Gasteiger partial charge in [-0.25, -0.2) is 4.99 Å². The molecule has 2 amide bonds. The number of guanidine groups is 1. The van der Waals surface area contributed by atoms with Gasteiger partial charge in [0, 0.05) is 30.3 Å². The minimum atomic E-state index is -0.633. The van der Waals surface area contributed by atoms with E-state index in [2.05, 4.69) is 26.6 Å². The van der Waals surface area contributed by atoms with Gasteiger partial charge in [0.2, 0.25) is 11.8 Å². The number of aliphatic imine (C=N–C) groups is 1. The number of nitrogens with one attached hydrogen (secondary N) is 2. The number of rotatable bonds is 8. The smallest absolute Gasteiger partial charge is 0.245 e. The first-order valence-corrected chi connectivity index (χ1v) is 12.8. The molecular formula is C26H37N7O3. The third-order valence-electron chi connectivity index (χ3n) is 7.34. The van der Waals surface area contributed by atoms with Gasteiger partial charge in [-0.05, 0) is 49.8 Å². The van der Waals surface area contributed by atoms with E-state index in [1.54, 1.807) is 7.11 Å². The molecule has 2 fully saturated rings. The molecule has 0 unspecified atom stereocenters. The summed E-state index contributed by atoms with van der Waals surface area (Å²) in [6.07, 6.45) is 6.79. The Kier molecular flexibility index (Phi) is 8.45. The van der Waals surface area contributed by atoms with E-state index < -0.39 is 6.04 Å². The van der Waals surface area contributed by atoms with Crippen molar-refractivity contribution < 1.29 is 14.3 Å². The Morgan fingerprint density at radius 3 is 2.58 bits per heavy atom. The lowest BCUT2D eigenvalue weighted by Gasteiger charge is -2.32. The summed E-state index contributed by atoms with van der Waals surface area (Å²) in [5.74, 6) is 0.720. The van der Waals surface area contributed by atoms with Crippen molar-refractivity contribution in [3.8, 4) is 17.0 Å². The van der Waals surface area contributed by atoms with Crippen LogP contribution in [0.4, 0.5) is 0 Å². The number of aromatic amines is 1. The molecule has 1 saturated carbocycles. The number of para-hydroxylation sites is 1. The van der Waals surface area contributed by atoms with Crippen LogP contribution in [0.1, 0.15) is 56.6 Å². The number of carbonyl (C=O) groups excluding carboxylic acids is 2. The Bertz CT molecular complexity index is 1060. The third kappa shape index (κ3) is 6.16. The molecule has 2 heterocycles. The highest BCUT2D eigenvalue weighted by molar-refractivity contribution is 5.89. The molecule has 1 aliphatic carbocycles. The second kappa shape index (κ2) is 11.9. The van der Waals surface area contributed by atoms with Crippen LogP contribution >= 0.6 is 0 Å². The Morgan fingerprint density at radius 2 is 1.89 bits per heavy atom. The fraction of sp³-hybridized carbons (Fsp3) is 0.538. The molecule has 1 aromatic carbocycles. The van der Waals surface area contributed by atoms with Gasteiger partial charge in [-0.3, -0.25) is 14.7 Å². The normalized spacial score (nSPS) is 17.9. The number of piperidine rings is 1. The van der Waals surface area contributed by atoms with Crippen molar-refractivity contribution in [2.75, 3.05) is 26.7 Å². The lowest BCUT2D eigenvalue weighted by molar-refractivity contribution is -0.134. The average molecular weight is 496 g/mol. The Hall–Kier alpha value is -3.56. The standard InChI is InChI=1S/C26H37N7O3/c1-36-22-10-6-5-9-19(22)21-15-20(31-32-21)17-11-13-33(14-12-17)23(34)16-29-25(35)24(30-26(27)28)18-7-3-2-4-8-18/h5-6,9-10,15,17-18,24H,2-4,7-8,11-14,16H2,1H3,(H,29,35)(H,31,32)(H4,27,28,30)/t24-/m1/s1. The summed E-state index contributed by atoms with van der Waals surface area (Å²) in [5.41, 5.74) is 14.0. The van der Waals surface area contributed by atoms with Gasteiger partial charge in [0.25, 0.3) is 0 Å². The van der Waals surface area contributed by atoms with E-state index in [4.69, 9.17) is 16.2 Å². The molecule has 0 bridgehead atoms. The van der Waals surface area contributed by atoms with Gasteiger partial charge < -0.3 is 26.4 Å². The number of methoxy groups -OCH3 is 1. The van der Waals surface area contributed by atoms with E-state index in [-0.39, 0.29) is 36.2 Å². The van der Waals surface area contributed by atoms with Crippen LogP contribution in [0.15, 0.2) is 35.3 Å². The number of likely N-dealkylation sites (tertiary alicyclic amines) is 1. The van der Waals surface area contributed by atoms with Crippen LogP contribution < -0.4 is 21.5 Å². The summed E-state index contributed by atoms with van der Waals surface area (Å²) < 4.78 is 5.46. The van der Waals surface area contributed by atoms with Crippen molar-refractivity contribution in [3.63, 3.8) is 0 Å². The number of hydrogen-bond donors (Lipinski definition) is 4. The van der Waals surface area contributed by atoms with E-state index in [0.717, 1.165) is 61.2 Å². The van der Waals surface area contributed by atoms with Crippen molar-refractivity contribution in [1.29, 1.82) is 0 Å². The molecule has 194 valence electrons. The van der Waals surface area contributed by atoms with Crippen molar-refractivity contribution in [2.45, 2.75) is 56.9 Å². The number of hydrogen-bond acceptors (Lipinski definition) is 5. The Labute approximate surface area is 211 Å². The van der Waals surface area contributed by atoms with Gasteiger partial charge >= 0.3 is 0 Å². The summed E-state index contributed by atoms with van der Waals surface area (Å²) in [6.45, 7) is 1.21. The number of benzene rings is 1. The first-order chi connectivity index (χ1) is 17.5. The second-order valence-corrected chi connectivity index (χ2v) is 9.68. The highest BCUT2D eigenvalue weighted by atomic mass is 16.5. The molecule has 2 aromatic rings. The highest BCUT2D eigenvalue weighted by Crippen LogP contribution is 2.33. The maximum Gasteiger partial charge on any atom is 0.245 e. The zero-order valence-electron chi connectivity index (χ0n) is 20.9. The van der Waals surface area contributed by atoms with Gasteiger partial charge in [0.05, 0.1) is 19.3 Å². The topological polar surface area (TPSA) is 152 Å². The summed E-state index contributed by atoms with van der Waals surface area (Å²) >= 11 is 0. The second-order valence-electron chi connectivity index (χ2n) is 9.68. The average Bonchev–Trinajstić information content (AvgIpc) is 3.41. The Balaban J connectivity index is 1.29. The maximum atomic E-state index is 12.8. The molecule has 2 aliphatic rings. The maximum absolute atomic E-state index is 12.8. The van der Waals surface area contributed by atoms with Crippen LogP contribution in [-0.2, 0) is 9.59 Å². The molecule has 4 rings (SSSR count). The van der Waals surface area contributed by atoms with Crippen molar-refractivity contribution in [1.82, 2.24) is 20.4 Å². The van der Waals surface area contributed by atoms with E-state index in [1.165, 1.54) is 6.42 Å². The first kappa shape index (κ1) is 25.5. The number of carbonyl (C=O) groups is 2. The van der Waals surface area contributed by atoms with Gasteiger partial charge in [0.15, 0.2) is 5.96 Å². The molecule has 1 atom stereocenters. The monoisotopic (exact) mass is 495 g/mol. The molecule has 0 spiro atoms. The lowest BCUT2D eigenvalue weighted by atomic mass is 9.83. The third-order valence-corrected chi connectivity index (χ3v) is 7.34.